The molecule has 0 saturated carbocycles. The zero-order valence-corrected chi connectivity index (χ0v) is 13.8. The van der Waals surface area contributed by atoms with Gasteiger partial charge < -0.3 is 24.6 Å². The molecule has 130 valence electrons. The minimum Gasteiger partial charge on any atom is -0.494 e. The second-order valence-electron chi connectivity index (χ2n) is 5.74. The van der Waals surface area contributed by atoms with Crippen LogP contribution in [0.3, 0.4) is 0 Å². The van der Waals surface area contributed by atoms with Crippen molar-refractivity contribution >= 4 is 0 Å². The third-order valence-corrected chi connectivity index (χ3v) is 4.00. The van der Waals surface area contributed by atoms with E-state index in [1.807, 2.05) is 0 Å². The quantitative estimate of drug-likeness (QED) is 0.610. The van der Waals surface area contributed by atoms with Gasteiger partial charge in [0.25, 0.3) is 0 Å². The number of benzene rings is 1. The lowest BCUT2D eigenvalue weighted by atomic mass is 9.90. The summed E-state index contributed by atoms with van der Waals surface area (Å²) in [5.41, 5.74) is 1.42. The van der Waals surface area contributed by atoms with E-state index in [1.54, 1.807) is 0 Å². The van der Waals surface area contributed by atoms with E-state index in [-0.39, 0.29) is 6.61 Å². The highest BCUT2D eigenvalue weighted by Crippen LogP contribution is 2.26. The van der Waals surface area contributed by atoms with Crippen molar-refractivity contribution in [3.05, 3.63) is 29.8 Å². The molecule has 1 aromatic rings. The number of piperidine rings is 1. The maximum atomic E-state index is 8.55. The predicted octanol–water partition coefficient (Wildman–Crippen LogP) is 1.95. The molecule has 0 aliphatic carbocycles. The molecule has 5 nitrogen and oxygen atoms in total. The number of hydrogen-bond acceptors (Lipinski definition) is 5. The molecule has 1 fully saturated rings. The lowest BCUT2D eigenvalue weighted by Gasteiger charge is -2.23. The van der Waals surface area contributed by atoms with Crippen molar-refractivity contribution in [2.45, 2.75) is 25.2 Å². The van der Waals surface area contributed by atoms with Crippen molar-refractivity contribution in [3.63, 3.8) is 0 Å². The van der Waals surface area contributed by atoms with E-state index in [0.29, 0.717) is 39.0 Å². The summed E-state index contributed by atoms with van der Waals surface area (Å²) in [4.78, 5) is 0. The minimum absolute atomic E-state index is 0.0598. The molecule has 0 radical (unpaired) electrons. The van der Waals surface area contributed by atoms with E-state index in [1.165, 1.54) is 18.4 Å². The number of aliphatic hydroxyl groups excluding tert-OH is 1. The number of ether oxygens (including phenoxy) is 3. The summed E-state index contributed by atoms with van der Waals surface area (Å²) in [6, 6.07) is 8.53. The molecule has 1 aliphatic heterocycles. The van der Waals surface area contributed by atoms with Crippen molar-refractivity contribution in [3.8, 4) is 5.75 Å². The summed E-state index contributed by atoms with van der Waals surface area (Å²) in [7, 11) is 0. The molecule has 0 aromatic heterocycles. The zero-order valence-electron chi connectivity index (χ0n) is 13.8. The molecule has 0 amide bonds. The molecule has 1 aliphatic rings. The summed E-state index contributed by atoms with van der Waals surface area (Å²) in [5, 5.41) is 12.0. The van der Waals surface area contributed by atoms with Crippen LogP contribution in [0.5, 0.6) is 5.75 Å². The Bertz CT molecular complexity index is 404. The summed E-state index contributed by atoms with van der Waals surface area (Å²) in [6.45, 7) is 5.08. The molecule has 0 spiro atoms. The van der Waals surface area contributed by atoms with Crippen LogP contribution in [-0.4, -0.2) is 57.8 Å². The average molecular weight is 323 g/mol. The van der Waals surface area contributed by atoms with Gasteiger partial charge >= 0.3 is 0 Å². The minimum atomic E-state index is 0.0598. The maximum absolute atomic E-state index is 8.55. The van der Waals surface area contributed by atoms with Gasteiger partial charge in [0.15, 0.2) is 0 Å². The molecule has 1 heterocycles. The van der Waals surface area contributed by atoms with Gasteiger partial charge in [0.2, 0.25) is 0 Å². The molecule has 5 heteroatoms. The second kappa shape index (κ2) is 11.4. The molecular formula is C18H29NO4. The first-order chi connectivity index (χ1) is 11.4. The lowest BCUT2D eigenvalue weighted by molar-refractivity contribution is 0.0301. The lowest BCUT2D eigenvalue weighted by Crippen LogP contribution is -2.26. The molecule has 1 aromatic carbocycles. The van der Waals surface area contributed by atoms with Gasteiger partial charge in [-0.25, -0.2) is 0 Å². The predicted molar refractivity (Wildman–Crippen MR) is 90.1 cm³/mol. The maximum Gasteiger partial charge on any atom is 0.119 e. The number of hydrogen-bond donors (Lipinski definition) is 2. The molecule has 2 N–H and O–H groups in total. The van der Waals surface area contributed by atoms with Gasteiger partial charge in [-0.3, -0.25) is 0 Å². The third-order valence-electron chi connectivity index (χ3n) is 4.00. The smallest absolute Gasteiger partial charge is 0.119 e. The van der Waals surface area contributed by atoms with Crippen molar-refractivity contribution in [2.75, 3.05) is 52.7 Å². The highest BCUT2D eigenvalue weighted by molar-refractivity contribution is 5.29. The van der Waals surface area contributed by atoms with Crippen LogP contribution in [0.4, 0.5) is 0 Å². The van der Waals surface area contributed by atoms with Crippen molar-refractivity contribution in [1.29, 1.82) is 0 Å². The van der Waals surface area contributed by atoms with Crippen LogP contribution in [-0.2, 0) is 9.47 Å². The Kier molecular flexibility index (Phi) is 9.03. The molecule has 1 saturated heterocycles. The first-order valence-corrected chi connectivity index (χ1v) is 8.60. The molecule has 0 atom stereocenters. The summed E-state index contributed by atoms with van der Waals surface area (Å²) >= 11 is 0. The number of aliphatic hydroxyl groups is 1. The van der Waals surface area contributed by atoms with E-state index >= 15 is 0 Å². The Labute approximate surface area is 138 Å². The standard InChI is InChI=1S/C18H29NO4/c20-10-13-22-15-14-21-11-1-12-23-18-4-2-16(3-5-18)17-6-8-19-9-7-17/h2-5,17,19-20H,1,6-15H2. The van der Waals surface area contributed by atoms with Crippen LogP contribution in [0.1, 0.15) is 30.7 Å². The SMILES string of the molecule is OCCOCCOCCCOc1ccc(C2CCNCC2)cc1. The van der Waals surface area contributed by atoms with Crippen LogP contribution in [0, 0.1) is 0 Å². The van der Waals surface area contributed by atoms with Crippen LogP contribution in [0.2, 0.25) is 0 Å². The Hall–Kier alpha value is -1.14. The van der Waals surface area contributed by atoms with Crippen LogP contribution >= 0.6 is 0 Å². The largest absolute Gasteiger partial charge is 0.494 e. The monoisotopic (exact) mass is 323 g/mol. The molecular weight excluding hydrogens is 294 g/mol. The normalized spacial score (nSPS) is 15.7. The van der Waals surface area contributed by atoms with Gasteiger partial charge in [0.05, 0.1) is 33.0 Å². The Morgan fingerprint density at radius 3 is 2.30 bits per heavy atom. The summed E-state index contributed by atoms with van der Waals surface area (Å²) < 4.78 is 16.3. The van der Waals surface area contributed by atoms with Gasteiger partial charge in [0, 0.05) is 13.0 Å². The summed E-state index contributed by atoms with van der Waals surface area (Å²) in [5.74, 6) is 1.61. The van der Waals surface area contributed by atoms with Crippen LogP contribution in [0.15, 0.2) is 24.3 Å². The topological polar surface area (TPSA) is 60.0 Å². The van der Waals surface area contributed by atoms with Crippen LogP contribution < -0.4 is 10.1 Å². The summed E-state index contributed by atoms with van der Waals surface area (Å²) in [6.07, 6.45) is 3.30. The van der Waals surface area contributed by atoms with E-state index in [4.69, 9.17) is 19.3 Å². The Balaban J connectivity index is 1.54. The molecule has 0 unspecified atom stereocenters. The Morgan fingerprint density at radius 1 is 0.913 bits per heavy atom. The highest BCUT2D eigenvalue weighted by Gasteiger charge is 2.14. The first kappa shape index (κ1) is 18.2. The van der Waals surface area contributed by atoms with Gasteiger partial charge in [-0.2, -0.15) is 0 Å². The van der Waals surface area contributed by atoms with Gasteiger partial charge in [-0.15, -0.1) is 0 Å². The molecule has 0 bridgehead atoms. The molecule has 2 rings (SSSR count). The van der Waals surface area contributed by atoms with E-state index in [0.717, 1.165) is 25.3 Å². The van der Waals surface area contributed by atoms with E-state index in [9.17, 15) is 0 Å². The first-order valence-electron chi connectivity index (χ1n) is 8.60. The van der Waals surface area contributed by atoms with Crippen molar-refractivity contribution in [2.24, 2.45) is 0 Å². The van der Waals surface area contributed by atoms with Crippen molar-refractivity contribution < 1.29 is 19.3 Å². The zero-order chi connectivity index (χ0) is 16.2. The average Bonchev–Trinajstić information content (AvgIpc) is 2.62. The van der Waals surface area contributed by atoms with Gasteiger partial charge in [-0.05, 0) is 49.5 Å². The fourth-order valence-corrected chi connectivity index (χ4v) is 2.73. The van der Waals surface area contributed by atoms with Crippen LogP contribution in [0.25, 0.3) is 0 Å². The third kappa shape index (κ3) is 7.31. The Morgan fingerprint density at radius 2 is 1.61 bits per heavy atom. The van der Waals surface area contributed by atoms with E-state index in [2.05, 4.69) is 29.6 Å². The number of nitrogens with one attached hydrogen (secondary N) is 1. The van der Waals surface area contributed by atoms with E-state index < -0.39 is 0 Å². The number of rotatable bonds is 11. The molecule has 23 heavy (non-hydrogen) atoms. The van der Waals surface area contributed by atoms with Gasteiger partial charge in [0.1, 0.15) is 5.75 Å². The second-order valence-corrected chi connectivity index (χ2v) is 5.74. The van der Waals surface area contributed by atoms with Crippen molar-refractivity contribution in [1.82, 2.24) is 5.32 Å². The fourth-order valence-electron chi connectivity index (χ4n) is 2.73. The highest BCUT2D eigenvalue weighted by atomic mass is 16.5. The fraction of sp³-hybridized carbons (Fsp3) is 0.667. The van der Waals surface area contributed by atoms with Gasteiger partial charge in [-0.1, -0.05) is 12.1 Å².